The molecular formula is C24H24N2O7S. The zero-order chi connectivity index (χ0) is 24.6. The van der Waals surface area contributed by atoms with Crippen LogP contribution in [0, 0.1) is 0 Å². The van der Waals surface area contributed by atoms with E-state index in [0.29, 0.717) is 17.1 Å². The van der Waals surface area contributed by atoms with E-state index in [9.17, 15) is 13.2 Å². The highest BCUT2D eigenvalue weighted by atomic mass is 32.2. The van der Waals surface area contributed by atoms with Crippen molar-refractivity contribution in [2.24, 2.45) is 5.10 Å². The van der Waals surface area contributed by atoms with Crippen LogP contribution < -0.4 is 23.8 Å². The molecule has 9 nitrogen and oxygen atoms in total. The molecule has 10 heteroatoms. The number of methoxy groups -OCH3 is 3. The Morgan fingerprint density at radius 2 is 1.62 bits per heavy atom. The lowest BCUT2D eigenvalue weighted by molar-refractivity contribution is -0.120. The number of hydrogen-bond donors (Lipinski definition) is 1. The molecule has 178 valence electrons. The van der Waals surface area contributed by atoms with Crippen LogP contribution in [0.1, 0.15) is 11.1 Å². The number of carbonyl (C=O) groups is 1. The van der Waals surface area contributed by atoms with Crippen molar-refractivity contribution in [3.8, 4) is 23.0 Å². The van der Waals surface area contributed by atoms with Crippen molar-refractivity contribution < 1.29 is 31.6 Å². The zero-order valence-corrected chi connectivity index (χ0v) is 19.7. The zero-order valence-electron chi connectivity index (χ0n) is 18.8. The Labute approximate surface area is 198 Å². The molecule has 3 aromatic carbocycles. The summed E-state index contributed by atoms with van der Waals surface area (Å²) in [7, 11) is 0.0642. The van der Waals surface area contributed by atoms with Gasteiger partial charge in [-0.1, -0.05) is 24.3 Å². The van der Waals surface area contributed by atoms with Gasteiger partial charge in [-0.05, 0) is 42.0 Å². The SMILES string of the molecule is COc1cccc(CC(=O)N/N=C/c2ccccc2OS(=O)(=O)c2cc(OC)ccc2OC)c1. The number of para-hydroxylation sites is 1. The van der Waals surface area contributed by atoms with Crippen LogP contribution in [0.25, 0.3) is 0 Å². The summed E-state index contributed by atoms with van der Waals surface area (Å²) in [4.78, 5) is 12.0. The second-order valence-electron chi connectivity index (χ2n) is 6.91. The Morgan fingerprint density at radius 1 is 0.882 bits per heavy atom. The fourth-order valence-corrected chi connectivity index (χ4v) is 4.12. The lowest BCUT2D eigenvalue weighted by Gasteiger charge is -2.13. The van der Waals surface area contributed by atoms with Crippen molar-refractivity contribution in [1.82, 2.24) is 5.43 Å². The molecule has 0 aromatic heterocycles. The third-order valence-electron chi connectivity index (χ3n) is 4.65. The highest BCUT2D eigenvalue weighted by molar-refractivity contribution is 7.87. The number of carbonyl (C=O) groups excluding carboxylic acids is 1. The van der Waals surface area contributed by atoms with E-state index in [0.717, 1.165) is 5.56 Å². The van der Waals surface area contributed by atoms with E-state index in [1.54, 1.807) is 55.6 Å². The first-order chi connectivity index (χ1) is 16.4. The van der Waals surface area contributed by atoms with Crippen molar-refractivity contribution in [2.45, 2.75) is 11.3 Å². The van der Waals surface area contributed by atoms with E-state index < -0.39 is 10.1 Å². The molecule has 0 spiro atoms. The Morgan fingerprint density at radius 3 is 2.35 bits per heavy atom. The van der Waals surface area contributed by atoms with Crippen LogP contribution >= 0.6 is 0 Å². The van der Waals surface area contributed by atoms with Gasteiger partial charge in [0.05, 0.1) is 34.0 Å². The van der Waals surface area contributed by atoms with Gasteiger partial charge in [-0.2, -0.15) is 13.5 Å². The maximum atomic E-state index is 13.0. The van der Waals surface area contributed by atoms with Crippen molar-refractivity contribution >= 4 is 22.2 Å². The van der Waals surface area contributed by atoms with E-state index in [4.69, 9.17) is 18.4 Å². The maximum absolute atomic E-state index is 13.0. The maximum Gasteiger partial charge on any atom is 0.343 e. The Bertz CT molecular complexity index is 1290. The minimum absolute atomic E-state index is 0.0261. The monoisotopic (exact) mass is 484 g/mol. The average molecular weight is 485 g/mol. The van der Waals surface area contributed by atoms with E-state index in [1.807, 2.05) is 0 Å². The third kappa shape index (κ3) is 6.26. The smallest absolute Gasteiger partial charge is 0.343 e. The first-order valence-corrected chi connectivity index (χ1v) is 11.5. The first kappa shape index (κ1) is 24.6. The van der Waals surface area contributed by atoms with Gasteiger partial charge >= 0.3 is 10.1 Å². The number of benzene rings is 3. The van der Waals surface area contributed by atoms with Gasteiger partial charge in [0, 0.05) is 11.6 Å². The van der Waals surface area contributed by atoms with Crippen LogP contribution in [0.15, 0.2) is 76.7 Å². The normalized spacial score (nSPS) is 11.1. The van der Waals surface area contributed by atoms with Crippen LogP contribution in [-0.4, -0.2) is 41.9 Å². The third-order valence-corrected chi connectivity index (χ3v) is 5.91. The summed E-state index contributed by atoms with van der Waals surface area (Å²) in [5, 5.41) is 3.93. The Balaban J connectivity index is 1.74. The predicted octanol–water partition coefficient (Wildman–Crippen LogP) is 3.17. The molecule has 3 aromatic rings. The fraction of sp³-hybridized carbons (Fsp3) is 0.167. The average Bonchev–Trinajstić information content (AvgIpc) is 2.84. The van der Waals surface area contributed by atoms with E-state index in [1.165, 1.54) is 38.6 Å². The lowest BCUT2D eigenvalue weighted by Crippen LogP contribution is -2.20. The lowest BCUT2D eigenvalue weighted by atomic mass is 10.1. The summed E-state index contributed by atoms with van der Waals surface area (Å²) in [5.74, 6) is 0.761. The second kappa shape index (κ2) is 11.2. The Kier molecular flexibility index (Phi) is 8.10. The highest BCUT2D eigenvalue weighted by Crippen LogP contribution is 2.31. The van der Waals surface area contributed by atoms with E-state index in [-0.39, 0.29) is 28.7 Å². The van der Waals surface area contributed by atoms with E-state index in [2.05, 4.69) is 10.5 Å². The molecule has 0 bridgehead atoms. The number of rotatable bonds is 10. The number of nitrogens with zero attached hydrogens (tertiary/aromatic N) is 1. The number of ether oxygens (including phenoxy) is 3. The summed E-state index contributed by atoms with van der Waals surface area (Å²) < 4.78 is 46.7. The van der Waals surface area contributed by atoms with E-state index >= 15 is 0 Å². The van der Waals surface area contributed by atoms with Crippen molar-refractivity contribution in [3.63, 3.8) is 0 Å². The molecule has 0 atom stereocenters. The summed E-state index contributed by atoms with van der Waals surface area (Å²) >= 11 is 0. The summed E-state index contributed by atoms with van der Waals surface area (Å²) in [6.07, 6.45) is 1.40. The molecule has 0 saturated carbocycles. The van der Waals surface area contributed by atoms with Gasteiger partial charge in [0.2, 0.25) is 5.91 Å². The van der Waals surface area contributed by atoms with Crippen molar-refractivity contribution in [1.29, 1.82) is 0 Å². The molecule has 0 aliphatic carbocycles. The van der Waals surface area contributed by atoms with Crippen LogP contribution in [0.5, 0.6) is 23.0 Å². The molecule has 0 heterocycles. The van der Waals surface area contributed by atoms with Crippen molar-refractivity contribution in [2.75, 3.05) is 21.3 Å². The second-order valence-corrected chi connectivity index (χ2v) is 8.43. The Hall–Kier alpha value is -4.05. The standard InChI is InChI=1S/C24H24N2O7S/c1-30-19-9-6-7-17(13-19)14-24(27)26-25-16-18-8-4-5-10-21(18)33-34(28,29)23-15-20(31-2)11-12-22(23)32-3/h4-13,15-16H,14H2,1-3H3,(H,26,27)/b25-16+. The highest BCUT2D eigenvalue weighted by Gasteiger charge is 2.24. The molecule has 0 aliphatic heterocycles. The molecule has 1 N–H and O–H groups in total. The van der Waals surface area contributed by atoms with Gasteiger partial charge in [0.1, 0.15) is 17.2 Å². The summed E-state index contributed by atoms with van der Waals surface area (Å²) in [6, 6.07) is 17.9. The quantitative estimate of drug-likeness (QED) is 0.267. The topological polar surface area (TPSA) is 113 Å². The summed E-state index contributed by atoms with van der Waals surface area (Å²) in [5.41, 5.74) is 3.52. The molecule has 34 heavy (non-hydrogen) atoms. The van der Waals surface area contributed by atoms with Gasteiger partial charge in [0.15, 0.2) is 10.6 Å². The fourth-order valence-electron chi connectivity index (χ4n) is 2.99. The van der Waals surface area contributed by atoms with Crippen LogP contribution in [-0.2, 0) is 21.3 Å². The van der Waals surface area contributed by atoms with Gasteiger partial charge in [-0.15, -0.1) is 0 Å². The molecule has 3 rings (SSSR count). The van der Waals surface area contributed by atoms with Gasteiger partial charge < -0.3 is 18.4 Å². The molecule has 1 amide bonds. The number of amides is 1. The largest absolute Gasteiger partial charge is 0.497 e. The predicted molar refractivity (Wildman–Crippen MR) is 126 cm³/mol. The minimum Gasteiger partial charge on any atom is -0.497 e. The molecule has 0 fully saturated rings. The number of nitrogens with one attached hydrogen (secondary N) is 1. The van der Waals surface area contributed by atoms with Crippen LogP contribution in [0.2, 0.25) is 0 Å². The van der Waals surface area contributed by atoms with Gasteiger partial charge in [-0.25, -0.2) is 5.43 Å². The first-order valence-electron chi connectivity index (χ1n) is 10.1. The molecule has 0 saturated heterocycles. The van der Waals surface area contributed by atoms with Crippen LogP contribution in [0.3, 0.4) is 0 Å². The van der Waals surface area contributed by atoms with Crippen LogP contribution in [0.4, 0.5) is 0 Å². The minimum atomic E-state index is -4.27. The van der Waals surface area contributed by atoms with Gasteiger partial charge in [-0.3, -0.25) is 4.79 Å². The van der Waals surface area contributed by atoms with Gasteiger partial charge in [0.25, 0.3) is 0 Å². The molecule has 0 radical (unpaired) electrons. The summed E-state index contributed by atoms with van der Waals surface area (Å²) in [6.45, 7) is 0. The molecule has 0 aliphatic rings. The van der Waals surface area contributed by atoms with Crippen molar-refractivity contribution in [3.05, 3.63) is 77.9 Å². The molecular weight excluding hydrogens is 460 g/mol. The number of hydrogen-bond acceptors (Lipinski definition) is 8. The molecule has 0 unspecified atom stereocenters. The number of hydrazone groups is 1.